The molecule has 1 aliphatic carbocycles. The molecule has 1 N–H and O–H groups in total. The summed E-state index contributed by atoms with van der Waals surface area (Å²) >= 11 is 0. The molecule has 1 atom stereocenters. The van der Waals surface area contributed by atoms with Crippen LogP contribution in [0.2, 0.25) is 0 Å². The number of hydrogen-bond acceptors (Lipinski definition) is 3. The van der Waals surface area contributed by atoms with Crippen molar-refractivity contribution in [2.24, 2.45) is 5.92 Å². The largest absolute Gasteiger partial charge is 0.391 e. The minimum Gasteiger partial charge on any atom is -0.391 e. The summed E-state index contributed by atoms with van der Waals surface area (Å²) in [5.74, 6) is 0.0914. The van der Waals surface area contributed by atoms with E-state index in [4.69, 9.17) is 0 Å². The maximum Gasteiger partial charge on any atom is 0.256 e. The van der Waals surface area contributed by atoms with E-state index < -0.39 is 6.10 Å². The first-order valence-electron chi connectivity index (χ1n) is 7.92. The summed E-state index contributed by atoms with van der Waals surface area (Å²) in [7, 11) is 1.73. The molecule has 1 unspecified atom stereocenters. The van der Waals surface area contributed by atoms with E-state index >= 15 is 0 Å². The molecule has 1 aromatic carbocycles. The first-order valence-corrected chi connectivity index (χ1v) is 7.92. The number of likely N-dealkylation sites (tertiary alicyclic amines) is 1. The summed E-state index contributed by atoms with van der Waals surface area (Å²) in [4.78, 5) is 28.3. The van der Waals surface area contributed by atoms with E-state index in [-0.39, 0.29) is 17.7 Å². The maximum absolute atomic E-state index is 12.8. The van der Waals surface area contributed by atoms with Gasteiger partial charge in [-0.05, 0) is 37.8 Å². The summed E-state index contributed by atoms with van der Waals surface area (Å²) in [6, 6.07) is 7.23. The standard InChI is InChI=1S/C17H22N2O3/c1-18(16(21)12-8-9-12)15-7-3-2-6-14(15)17(22)19-10-4-5-13(20)11-19/h2-3,6-7,12-13,20H,4-5,8-11H2,1H3. The Bertz CT molecular complexity index is 583. The lowest BCUT2D eigenvalue weighted by Gasteiger charge is -2.31. The van der Waals surface area contributed by atoms with E-state index in [1.807, 2.05) is 18.2 Å². The molecule has 3 rings (SSSR count). The second-order valence-corrected chi connectivity index (χ2v) is 6.24. The maximum atomic E-state index is 12.8. The van der Waals surface area contributed by atoms with Crippen LogP contribution in [-0.2, 0) is 4.79 Å². The van der Waals surface area contributed by atoms with Crippen molar-refractivity contribution in [1.82, 2.24) is 4.90 Å². The molecule has 5 heteroatoms. The van der Waals surface area contributed by atoms with Gasteiger partial charge in [-0.25, -0.2) is 0 Å². The van der Waals surface area contributed by atoms with Crippen LogP contribution in [0.25, 0.3) is 0 Å². The van der Waals surface area contributed by atoms with Gasteiger partial charge in [0.1, 0.15) is 0 Å². The average Bonchev–Trinajstić information content (AvgIpc) is 3.37. The van der Waals surface area contributed by atoms with Gasteiger partial charge in [0.05, 0.1) is 17.4 Å². The van der Waals surface area contributed by atoms with Crippen LogP contribution in [0.5, 0.6) is 0 Å². The van der Waals surface area contributed by atoms with Crippen molar-refractivity contribution >= 4 is 17.5 Å². The van der Waals surface area contributed by atoms with Crippen molar-refractivity contribution in [2.45, 2.75) is 31.8 Å². The van der Waals surface area contributed by atoms with Crippen LogP contribution >= 0.6 is 0 Å². The molecule has 2 aliphatic rings. The number of hydrogen-bond donors (Lipinski definition) is 1. The normalized spacial score (nSPS) is 21.5. The molecular weight excluding hydrogens is 280 g/mol. The molecule has 0 spiro atoms. The Kier molecular flexibility index (Phi) is 4.16. The fourth-order valence-corrected chi connectivity index (χ4v) is 2.98. The number of β-amino-alcohol motifs (C(OH)–C–C–N with tert-alkyl or cyclic N) is 1. The van der Waals surface area contributed by atoms with E-state index in [9.17, 15) is 14.7 Å². The number of carbonyl (C=O) groups is 2. The van der Waals surface area contributed by atoms with Crippen LogP contribution in [0.3, 0.4) is 0 Å². The molecule has 0 radical (unpaired) electrons. The van der Waals surface area contributed by atoms with Gasteiger partial charge in [-0.3, -0.25) is 9.59 Å². The number of aliphatic hydroxyl groups excluding tert-OH is 1. The van der Waals surface area contributed by atoms with Gasteiger partial charge in [0, 0.05) is 26.1 Å². The molecule has 1 saturated heterocycles. The number of para-hydroxylation sites is 1. The highest BCUT2D eigenvalue weighted by Gasteiger charge is 2.34. The van der Waals surface area contributed by atoms with Gasteiger partial charge < -0.3 is 14.9 Å². The highest BCUT2D eigenvalue weighted by Crippen LogP contribution is 2.33. The Morgan fingerprint density at radius 3 is 2.64 bits per heavy atom. The van der Waals surface area contributed by atoms with Crippen LogP contribution < -0.4 is 4.90 Å². The van der Waals surface area contributed by atoms with E-state index in [1.165, 1.54) is 0 Å². The third-order valence-electron chi connectivity index (χ3n) is 4.44. The van der Waals surface area contributed by atoms with Crippen molar-refractivity contribution in [3.05, 3.63) is 29.8 Å². The quantitative estimate of drug-likeness (QED) is 0.923. The molecular formula is C17H22N2O3. The van der Waals surface area contributed by atoms with E-state index in [0.29, 0.717) is 24.3 Å². The van der Waals surface area contributed by atoms with Gasteiger partial charge in [-0.2, -0.15) is 0 Å². The fraction of sp³-hybridized carbons (Fsp3) is 0.529. The van der Waals surface area contributed by atoms with Crippen molar-refractivity contribution in [3.63, 3.8) is 0 Å². The molecule has 1 aliphatic heterocycles. The van der Waals surface area contributed by atoms with Gasteiger partial charge in [-0.15, -0.1) is 0 Å². The lowest BCUT2D eigenvalue weighted by Crippen LogP contribution is -2.42. The summed E-state index contributed by atoms with van der Waals surface area (Å²) in [5, 5.41) is 9.76. The van der Waals surface area contributed by atoms with E-state index in [0.717, 1.165) is 25.7 Å². The minimum atomic E-state index is -0.448. The molecule has 0 aromatic heterocycles. The minimum absolute atomic E-state index is 0.0823. The van der Waals surface area contributed by atoms with E-state index in [1.54, 1.807) is 22.9 Å². The van der Waals surface area contributed by atoms with Crippen molar-refractivity contribution in [1.29, 1.82) is 0 Å². The van der Waals surface area contributed by atoms with Crippen LogP contribution in [0, 0.1) is 5.92 Å². The molecule has 1 aromatic rings. The second kappa shape index (κ2) is 6.08. The predicted octanol–water partition coefficient (Wildman–Crippen LogP) is 1.66. The first kappa shape index (κ1) is 15.0. The summed E-state index contributed by atoms with van der Waals surface area (Å²) in [5.41, 5.74) is 1.19. The Balaban J connectivity index is 1.83. The summed E-state index contributed by atoms with van der Waals surface area (Å²) < 4.78 is 0. The van der Waals surface area contributed by atoms with Gasteiger partial charge in [0.2, 0.25) is 5.91 Å². The van der Waals surface area contributed by atoms with Crippen LogP contribution in [0.1, 0.15) is 36.0 Å². The molecule has 1 heterocycles. The van der Waals surface area contributed by atoms with Crippen LogP contribution in [0.4, 0.5) is 5.69 Å². The zero-order valence-electron chi connectivity index (χ0n) is 12.9. The number of rotatable bonds is 3. The molecule has 2 fully saturated rings. The number of benzene rings is 1. The zero-order valence-corrected chi connectivity index (χ0v) is 12.9. The topological polar surface area (TPSA) is 60.9 Å². The SMILES string of the molecule is CN(C(=O)C1CC1)c1ccccc1C(=O)N1CCCC(O)C1. The number of amides is 2. The predicted molar refractivity (Wildman–Crippen MR) is 83.7 cm³/mol. The third kappa shape index (κ3) is 2.99. The number of aliphatic hydroxyl groups is 1. The Hall–Kier alpha value is -1.88. The lowest BCUT2D eigenvalue weighted by atomic mass is 10.1. The van der Waals surface area contributed by atoms with Crippen molar-refractivity contribution in [2.75, 3.05) is 25.0 Å². The van der Waals surface area contributed by atoms with Crippen molar-refractivity contribution < 1.29 is 14.7 Å². The molecule has 2 amide bonds. The molecule has 118 valence electrons. The monoisotopic (exact) mass is 302 g/mol. The summed E-state index contributed by atoms with van der Waals surface area (Å²) in [6.45, 7) is 1.03. The molecule has 22 heavy (non-hydrogen) atoms. The molecule has 1 saturated carbocycles. The molecule has 5 nitrogen and oxygen atoms in total. The number of nitrogens with zero attached hydrogens (tertiary/aromatic N) is 2. The molecule has 0 bridgehead atoms. The lowest BCUT2D eigenvalue weighted by molar-refractivity contribution is -0.119. The van der Waals surface area contributed by atoms with Gasteiger partial charge >= 0.3 is 0 Å². The van der Waals surface area contributed by atoms with E-state index in [2.05, 4.69) is 0 Å². The Morgan fingerprint density at radius 1 is 1.23 bits per heavy atom. The highest BCUT2D eigenvalue weighted by molar-refractivity contribution is 6.05. The zero-order chi connectivity index (χ0) is 15.7. The van der Waals surface area contributed by atoms with Gasteiger partial charge in [-0.1, -0.05) is 12.1 Å². The second-order valence-electron chi connectivity index (χ2n) is 6.24. The summed E-state index contributed by atoms with van der Waals surface area (Å²) in [6.07, 6.45) is 2.99. The average molecular weight is 302 g/mol. The number of carbonyl (C=O) groups excluding carboxylic acids is 2. The number of piperidine rings is 1. The van der Waals surface area contributed by atoms with Gasteiger partial charge in [0.15, 0.2) is 0 Å². The Morgan fingerprint density at radius 2 is 1.95 bits per heavy atom. The van der Waals surface area contributed by atoms with Gasteiger partial charge in [0.25, 0.3) is 5.91 Å². The third-order valence-corrected chi connectivity index (χ3v) is 4.44. The van der Waals surface area contributed by atoms with Crippen LogP contribution in [-0.4, -0.2) is 48.1 Å². The number of anilines is 1. The first-order chi connectivity index (χ1) is 10.6. The Labute approximate surface area is 130 Å². The van der Waals surface area contributed by atoms with Crippen LogP contribution in [0.15, 0.2) is 24.3 Å². The smallest absolute Gasteiger partial charge is 0.256 e. The fourth-order valence-electron chi connectivity index (χ4n) is 2.98. The van der Waals surface area contributed by atoms with Crippen molar-refractivity contribution in [3.8, 4) is 0 Å². The highest BCUT2D eigenvalue weighted by atomic mass is 16.3.